The summed E-state index contributed by atoms with van der Waals surface area (Å²) >= 11 is 0. The van der Waals surface area contributed by atoms with Gasteiger partial charge in [0.05, 0.1) is 0 Å². The van der Waals surface area contributed by atoms with Crippen LogP contribution in [0.25, 0.3) is 0 Å². The lowest BCUT2D eigenvalue weighted by Crippen LogP contribution is -2.23. The minimum absolute atomic E-state index is 0.103. The fourth-order valence-corrected chi connectivity index (χ4v) is 3.03. The van der Waals surface area contributed by atoms with Crippen molar-refractivity contribution in [2.75, 3.05) is 18.0 Å². The summed E-state index contributed by atoms with van der Waals surface area (Å²) in [7, 11) is 0. The van der Waals surface area contributed by atoms with Gasteiger partial charge in [-0.25, -0.2) is 0 Å². The van der Waals surface area contributed by atoms with E-state index in [-0.39, 0.29) is 5.91 Å². The van der Waals surface area contributed by atoms with Crippen molar-refractivity contribution in [1.82, 2.24) is 5.32 Å². The van der Waals surface area contributed by atoms with Gasteiger partial charge in [-0.3, -0.25) is 4.79 Å². The molecule has 1 amide bonds. The Labute approximate surface area is 158 Å². The Morgan fingerprint density at radius 2 is 1.50 bits per heavy atom. The zero-order chi connectivity index (χ0) is 18.9. The maximum atomic E-state index is 12.1. The van der Waals surface area contributed by atoms with Crippen LogP contribution in [0.5, 0.6) is 0 Å². The number of amides is 1. The van der Waals surface area contributed by atoms with Gasteiger partial charge in [-0.2, -0.15) is 0 Å². The van der Waals surface area contributed by atoms with Crippen molar-refractivity contribution in [1.29, 1.82) is 0 Å². The molecule has 0 aromatic heterocycles. The van der Waals surface area contributed by atoms with Gasteiger partial charge in [0.1, 0.15) is 0 Å². The van der Waals surface area contributed by atoms with Crippen molar-refractivity contribution in [2.45, 2.75) is 53.0 Å². The molecule has 0 heterocycles. The standard InChI is InChI=1S/C23H32N2O/c1-5-25(6-2)22-14-9-20(10-15-22)17-24-23(26)16-11-19-7-12-21(13-8-19)18(3)4/h7-10,12-15,18H,5-6,11,16-17H2,1-4H3,(H,24,26). The summed E-state index contributed by atoms with van der Waals surface area (Å²) in [6.45, 7) is 11.3. The van der Waals surface area contributed by atoms with Gasteiger partial charge >= 0.3 is 0 Å². The van der Waals surface area contributed by atoms with Gasteiger partial charge in [-0.15, -0.1) is 0 Å². The Kier molecular flexibility index (Phi) is 7.71. The fourth-order valence-electron chi connectivity index (χ4n) is 3.03. The topological polar surface area (TPSA) is 32.3 Å². The Hall–Kier alpha value is -2.29. The van der Waals surface area contributed by atoms with Crippen molar-refractivity contribution in [3.05, 3.63) is 65.2 Å². The van der Waals surface area contributed by atoms with Crippen LogP contribution >= 0.6 is 0 Å². The molecule has 0 spiro atoms. The van der Waals surface area contributed by atoms with Crippen molar-refractivity contribution < 1.29 is 4.79 Å². The second kappa shape index (κ2) is 10.0. The quantitative estimate of drug-likeness (QED) is 0.696. The van der Waals surface area contributed by atoms with Crippen LogP contribution in [0.3, 0.4) is 0 Å². The van der Waals surface area contributed by atoms with Gasteiger partial charge in [0, 0.05) is 31.7 Å². The Morgan fingerprint density at radius 1 is 0.923 bits per heavy atom. The summed E-state index contributed by atoms with van der Waals surface area (Å²) in [5.74, 6) is 0.645. The van der Waals surface area contributed by atoms with Crippen LogP contribution in [0.4, 0.5) is 5.69 Å². The fraction of sp³-hybridized carbons (Fsp3) is 0.435. The second-order valence-electron chi connectivity index (χ2n) is 7.01. The van der Waals surface area contributed by atoms with Crippen LogP contribution in [-0.2, 0) is 17.8 Å². The molecule has 140 valence electrons. The van der Waals surface area contributed by atoms with Gasteiger partial charge in [0.2, 0.25) is 5.91 Å². The number of benzene rings is 2. The zero-order valence-corrected chi connectivity index (χ0v) is 16.6. The normalized spacial score (nSPS) is 10.8. The first kappa shape index (κ1) is 20.0. The highest BCUT2D eigenvalue weighted by Gasteiger charge is 2.05. The van der Waals surface area contributed by atoms with Crippen molar-refractivity contribution in [2.24, 2.45) is 0 Å². The Morgan fingerprint density at radius 3 is 2.04 bits per heavy atom. The highest BCUT2D eigenvalue weighted by molar-refractivity contribution is 5.76. The van der Waals surface area contributed by atoms with E-state index >= 15 is 0 Å². The lowest BCUT2D eigenvalue weighted by molar-refractivity contribution is -0.121. The smallest absolute Gasteiger partial charge is 0.220 e. The van der Waals surface area contributed by atoms with Crippen LogP contribution in [0.1, 0.15) is 56.7 Å². The largest absolute Gasteiger partial charge is 0.372 e. The predicted octanol–water partition coefficient (Wildman–Crippen LogP) is 4.91. The SMILES string of the molecule is CCN(CC)c1ccc(CNC(=O)CCc2ccc(C(C)C)cc2)cc1. The number of aryl methyl sites for hydroxylation is 1. The second-order valence-corrected chi connectivity index (χ2v) is 7.01. The molecule has 0 bridgehead atoms. The summed E-state index contributed by atoms with van der Waals surface area (Å²) in [5, 5.41) is 3.02. The van der Waals surface area contributed by atoms with Crippen LogP contribution in [0.2, 0.25) is 0 Å². The number of hydrogen-bond donors (Lipinski definition) is 1. The molecule has 2 rings (SSSR count). The molecule has 0 radical (unpaired) electrons. The van der Waals surface area contributed by atoms with E-state index in [4.69, 9.17) is 0 Å². The van der Waals surface area contributed by atoms with Gasteiger partial charge in [0.15, 0.2) is 0 Å². The van der Waals surface area contributed by atoms with Crippen molar-refractivity contribution in [3.8, 4) is 0 Å². The minimum atomic E-state index is 0.103. The van der Waals surface area contributed by atoms with Crippen LogP contribution in [0.15, 0.2) is 48.5 Å². The number of carbonyl (C=O) groups excluding carboxylic acids is 1. The zero-order valence-electron chi connectivity index (χ0n) is 16.6. The van der Waals surface area contributed by atoms with E-state index in [1.807, 2.05) is 0 Å². The molecule has 2 aromatic rings. The molecule has 26 heavy (non-hydrogen) atoms. The number of nitrogens with one attached hydrogen (secondary N) is 1. The van der Waals surface area contributed by atoms with Gasteiger partial charge < -0.3 is 10.2 Å². The predicted molar refractivity (Wildman–Crippen MR) is 111 cm³/mol. The number of rotatable bonds is 9. The number of carbonyl (C=O) groups is 1. The molecular formula is C23H32N2O. The molecule has 0 aliphatic heterocycles. The summed E-state index contributed by atoms with van der Waals surface area (Å²) in [6, 6.07) is 17.0. The third-order valence-electron chi connectivity index (χ3n) is 4.84. The molecule has 0 saturated carbocycles. The third kappa shape index (κ3) is 5.91. The summed E-state index contributed by atoms with van der Waals surface area (Å²) < 4.78 is 0. The first-order chi connectivity index (χ1) is 12.5. The molecule has 0 saturated heterocycles. The van der Waals surface area contributed by atoms with Crippen LogP contribution in [-0.4, -0.2) is 19.0 Å². The maximum Gasteiger partial charge on any atom is 0.220 e. The third-order valence-corrected chi connectivity index (χ3v) is 4.84. The number of hydrogen-bond acceptors (Lipinski definition) is 2. The first-order valence-corrected chi connectivity index (χ1v) is 9.72. The summed E-state index contributed by atoms with van der Waals surface area (Å²) in [6.07, 6.45) is 1.31. The van der Waals surface area contributed by atoms with E-state index in [9.17, 15) is 4.79 Å². The van der Waals surface area contributed by atoms with E-state index in [1.54, 1.807) is 0 Å². The number of anilines is 1. The Bertz CT molecular complexity index is 670. The maximum absolute atomic E-state index is 12.1. The van der Waals surface area contributed by atoms with E-state index in [2.05, 4.69) is 86.4 Å². The highest BCUT2D eigenvalue weighted by Crippen LogP contribution is 2.16. The monoisotopic (exact) mass is 352 g/mol. The number of nitrogens with zero attached hydrogens (tertiary/aromatic N) is 1. The van der Waals surface area contributed by atoms with Crippen LogP contribution < -0.4 is 10.2 Å². The van der Waals surface area contributed by atoms with Crippen molar-refractivity contribution >= 4 is 11.6 Å². The molecule has 3 nitrogen and oxygen atoms in total. The molecule has 0 aliphatic rings. The highest BCUT2D eigenvalue weighted by atomic mass is 16.1. The van der Waals surface area contributed by atoms with Gasteiger partial charge in [-0.1, -0.05) is 50.2 Å². The minimum Gasteiger partial charge on any atom is -0.372 e. The molecule has 3 heteroatoms. The first-order valence-electron chi connectivity index (χ1n) is 9.72. The lowest BCUT2D eigenvalue weighted by atomic mass is 10.0. The molecule has 0 atom stereocenters. The van der Waals surface area contributed by atoms with Crippen molar-refractivity contribution in [3.63, 3.8) is 0 Å². The molecular weight excluding hydrogens is 320 g/mol. The molecule has 0 unspecified atom stereocenters. The average molecular weight is 353 g/mol. The van der Waals surface area contributed by atoms with Gasteiger partial charge in [-0.05, 0) is 55.0 Å². The van der Waals surface area contributed by atoms with E-state index in [1.165, 1.54) is 16.8 Å². The van der Waals surface area contributed by atoms with Crippen LogP contribution in [0, 0.1) is 0 Å². The lowest BCUT2D eigenvalue weighted by Gasteiger charge is -2.21. The molecule has 0 aliphatic carbocycles. The Balaban J connectivity index is 1.77. The molecule has 0 fully saturated rings. The summed E-state index contributed by atoms with van der Waals surface area (Å²) in [5.41, 5.74) is 4.92. The molecule has 1 N–H and O–H groups in total. The van der Waals surface area contributed by atoms with E-state index < -0.39 is 0 Å². The van der Waals surface area contributed by atoms with E-state index in [0.717, 1.165) is 25.1 Å². The van der Waals surface area contributed by atoms with E-state index in [0.29, 0.717) is 18.9 Å². The van der Waals surface area contributed by atoms with Gasteiger partial charge in [0.25, 0.3) is 0 Å². The molecule has 2 aromatic carbocycles. The summed E-state index contributed by atoms with van der Waals surface area (Å²) in [4.78, 5) is 14.4. The average Bonchev–Trinajstić information content (AvgIpc) is 2.67.